The minimum absolute atomic E-state index is 0.300. The van der Waals surface area contributed by atoms with E-state index < -0.39 is 0 Å². The third-order valence-corrected chi connectivity index (χ3v) is 6.33. The predicted octanol–water partition coefficient (Wildman–Crippen LogP) is 5.38. The zero-order valence-electron chi connectivity index (χ0n) is 16.9. The number of benzene rings is 2. The molecule has 0 radical (unpaired) electrons. The van der Waals surface area contributed by atoms with E-state index in [0.29, 0.717) is 16.4 Å². The van der Waals surface area contributed by atoms with Crippen molar-refractivity contribution < 1.29 is 9.53 Å². The summed E-state index contributed by atoms with van der Waals surface area (Å²) >= 11 is 2.92. The Bertz CT molecular complexity index is 1340. The van der Waals surface area contributed by atoms with Gasteiger partial charge in [0.05, 0.1) is 18.4 Å². The summed E-state index contributed by atoms with van der Waals surface area (Å²) in [7, 11) is 1.62. The normalized spacial score (nSPS) is 10.8. The third kappa shape index (κ3) is 4.03. The van der Waals surface area contributed by atoms with E-state index in [4.69, 9.17) is 9.84 Å². The molecule has 7 nitrogen and oxygen atoms in total. The van der Waals surface area contributed by atoms with Crippen molar-refractivity contribution >= 4 is 33.7 Å². The molecule has 0 aliphatic heterocycles. The van der Waals surface area contributed by atoms with E-state index >= 15 is 0 Å². The lowest BCUT2D eigenvalue weighted by Gasteiger charge is -2.04. The standard InChI is InChI=1S/C23H17N5O2S2/c1-30-18-9-7-15(8-10-18)20-19(13-28(27-20)17-5-3-2-4-6-17)21(29)24-23-26-25-22(32-23)16-11-12-31-14-16/h2-14H,1H3,(H,24,26,29). The molecule has 158 valence electrons. The Balaban J connectivity index is 1.49. The fourth-order valence-electron chi connectivity index (χ4n) is 3.16. The number of amides is 1. The Hall–Kier alpha value is -3.82. The van der Waals surface area contributed by atoms with Crippen molar-refractivity contribution in [2.24, 2.45) is 0 Å². The number of hydrogen-bond acceptors (Lipinski definition) is 7. The van der Waals surface area contributed by atoms with Gasteiger partial charge in [0.15, 0.2) is 0 Å². The molecule has 0 bridgehead atoms. The third-order valence-electron chi connectivity index (χ3n) is 4.76. The number of para-hydroxylation sites is 1. The average Bonchev–Trinajstić information content (AvgIpc) is 3.60. The highest BCUT2D eigenvalue weighted by atomic mass is 32.1. The molecule has 0 aliphatic carbocycles. The summed E-state index contributed by atoms with van der Waals surface area (Å²) in [6.45, 7) is 0. The van der Waals surface area contributed by atoms with E-state index in [9.17, 15) is 4.79 Å². The van der Waals surface area contributed by atoms with Gasteiger partial charge < -0.3 is 4.74 Å². The molecular formula is C23H17N5O2S2. The number of nitrogens with one attached hydrogen (secondary N) is 1. The van der Waals surface area contributed by atoms with Crippen molar-refractivity contribution in [3.05, 3.63) is 83.2 Å². The van der Waals surface area contributed by atoms with Crippen molar-refractivity contribution in [3.8, 4) is 33.3 Å². The molecule has 32 heavy (non-hydrogen) atoms. The number of carbonyl (C=O) groups excluding carboxylic acids is 1. The first kappa shape index (κ1) is 20.1. The van der Waals surface area contributed by atoms with Crippen LogP contribution in [0.2, 0.25) is 0 Å². The summed E-state index contributed by atoms with van der Waals surface area (Å²) in [4.78, 5) is 13.2. The molecule has 5 rings (SSSR count). The van der Waals surface area contributed by atoms with Gasteiger partial charge in [-0.25, -0.2) is 4.68 Å². The van der Waals surface area contributed by atoms with Gasteiger partial charge in [-0.05, 0) is 47.8 Å². The molecule has 0 fully saturated rings. The van der Waals surface area contributed by atoms with Gasteiger partial charge in [-0.1, -0.05) is 29.5 Å². The second-order valence-electron chi connectivity index (χ2n) is 6.78. The molecule has 1 N–H and O–H groups in total. The van der Waals surface area contributed by atoms with E-state index in [2.05, 4.69) is 15.5 Å². The van der Waals surface area contributed by atoms with Gasteiger partial charge in [0, 0.05) is 22.7 Å². The summed E-state index contributed by atoms with van der Waals surface area (Å²) in [6.07, 6.45) is 1.73. The van der Waals surface area contributed by atoms with Crippen LogP contribution in [0.25, 0.3) is 27.5 Å². The maximum atomic E-state index is 13.2. The Kier molecular flexibility index (Phi) is 5.49. The van der Waals surface area contributed by atoms with Crippen LogP contribution in [0, 0.1) is 0 Å². The van der Waals surface area contributed by atoms with Crippen molar-refractivity contribution in [2.75, 3.05) is 12.4 Å². The van der Waals surface area contributed by atoms with Crippen molar-refractivity contribution in [1.82, 2.24) is 20.0 Å². The highest BCUT2D eigenvalue weighted by molar-refractivity contribution is 7.19. The highest BCUT2D eigenvalue weighted by Gasteiger charge is 2.20. The Morgan fingerprint density at radius 2 is 1.81 bits per heavy atom. The minimum Gasteiger partial charge on any atom is -0.497 e. The predicted molar refractivity (Wildman–Crippen MR) is 127 cm³/mol. The lowest BCUT2D eigenvalue weighted by Crippen LogP contribution is -2.12. The summed E-state index contributed by atoms with van der Waals surface area (Å²) in [5.41, 5.74) is 3.66. The maximum absolute atomic E-state index is 13.2. The summed E-state index contributed by atoms with van der Waals surface area (Å²) in [5.74, 6) is 0.433. The van der Waals surface area contributed by atoms with Gasteiger partial charge in [-0.3, -0.25) is 10.1 Å². The number of methoxy groups -OCH3 is 1. The molecule has 1 amide bonds. The molecule has 0 aliphatic rings. The molecule has 0 atom stereocenters. The second-order valence-corrected chi connectivity index (χ2v) is 8.54. The fourth-order valence-corrected chi connectivity index (χ4v) is 4.61. The maximum Gasteiger partial charge on any atom is 0.261 e. The topological polar surface area (TPSA) is 81.9 Å². The molecule has 3 heterocycles. The van der Waals surface area contributed by atoms with Gasteiger partial charge in [0.25, 0.3) is 5.91 Å². The monoisotopic (exact) mass is 459 g/mol. The van der Waals surface area contributed by atoms with Gasteiger partial charge >= 0.3 is 0 Å². The zero-order chi connectivity index (χ0) is 21.9. The molecule has 9 heteroatoms. The zero-order valence-corrected chi connectivity index (χ0v) is 18.6. The van der Waals surface area contributed by atoms with Crippen LogP contribution in [0.15, 0.2) is 77.6 Å². The molecule has 0 saturated carbocycles. The summed E-state index contributed by atoms with van der Waals surface area (Å²) in [5, 5.41) is 21.1. The van der Waals surface area contributed by atoms with Gasteiger partial charge in [-0.15, -0.1) is 10.2 Å². The minimum atomic E-state index is -0.300. The van der Waals surface area contributed by atoms with Crippen LogP contribution in [0.1, 0.15) is 10.4 Å². The largest absolute Gasteiger partial charge is 0.497 e. The first-order chi connectivity index (χ1) is 15.7. The second kappa shape index (κ2) is 8.74. The lowest BCUT2D eigenvalue weighted by molar-refractivity contribution is 0.102. The molecule has 3 aromatic heterocycles. The number of thiophene rings is 1. The van der Waals surface area contributed by atoms with Crippen LogP contribution in [0.3, 0.4) is 0 Å². The number of anilines is 1. The molecule has 0 unspecified atom stereocenters. The number of aromatic nitrogens is 4. The van der Waals surface area contributed by atoms with Crippen LogP contribution in [-0.4, -0.2) is 33.0 Å². The van der Waals surface area contributed by atoms with Crippen molar-refractivity contribution in [2.45, 2.75) is 0 Å². The van der Waals surface area contributed by atoms with Crippen LogP contribution in [0.5, 0.6) is 5.75 Å². The van der Waals surface area contributed by atoms with E-state index in [1.165, 1.54) is 11.3 Å². The van der Waals surface area contributed by atoms with Crippen LogP contribution in [-0.2, 0) is 0 Å². The number of nitrogens with zero attached hydrogens (tertiary/aromatic N) is 4. The van der Waals surface area contributed by atoms with E-state index in [1.54, 1.807) is 29.3 Å². The number of hydrogen-bond donors (Lipinski definition) is 1. The molecule has 5 aromatic rings. The molecule has 2 aromatic carbocycles. The Morgan fingerprint density at radius 1 is 1.00 bits per heavy atom. The van der Waals surface area contributed by atoms with Gasteiger partial charge in [0.1, 0.15) is 16.5 Å². The number of ether oxygens (including phenoxy) is 1. The first-order valence-corrected chi connectivity index (χ1v) is 11.4. The summed E-state index contributed by atoms with van der Waals surface area (Å²) < 4.78 is 6.95. The van der Waals surface area contributed by atoms with Crippen molar-refractivity contribution in [3.63, 3.8) is 0 Å². The van der Waals surface area contributed by atoms with E-state index in [0.717, 1.165) is 27.6 Å². The smallest absolute Gasteiger partial charge is 0.261 e. The van der Waals surface area contributed by atoms with Crippen LogP contribution in [0.4, 0.5) is 5.13 Å². The number of rotatable bonds is 6. The van der Waals surface area contributed by atoms with Gasteiger partial charge in [-0.2, -0.15) is 16.4 Å². The van der Waals surface area contributed by atoms with Crippen LogP contribution < -0.4 is 10.1 Å². The Morgan fingerprint density at radius 3 is 2.53 bits per heavy atom. The van der Waals surface area contributed by atoms with Crippen LogP contribution >= 0.6 is 22.7 Å². The molecule has 0 spiro atoms. The first-order valence-electron chi connectivity index (χ1n) is 9.68. The summed E-state index contributed by atoms with van der Waals surface area (Å²) in [6, 6.07) is 19.1. The average molecular weight is 460 g/mol. The van der Waals surface area contributed by atoms with Crippen molar-refractivity contribution in [1.29, 1.82) is 0 Å². The van der Waals surface area contributed by atoms with Gasteiger partial charge in [0.2, 0.25) is 5.13 Å². The number of carbonyl (C=O) groups is 1. The Labute approximate surface area is 192 Å². The fraction of sp³-hybridized carbons (Fsp3) is 0.0435. The highest BCUT2D eigenvalue weighted by Crippen LogP contribution is 2.30. The van der Waals surface area contributed by atoms with E-state index in [1.807, 2.05) is 71.4 Å². The molecular weight excluding hydrogens is 442 g/mol. The van der Waals surface area contributed by atoms with E-state index in [-0.39, 0.29) is 5.91 Å². The quantitative estimate of drug-likeness (QED) is 0.369. The SMILES string of the molecule is COc1ccc(-c2nn(-c3ccccc3)cc2C(=O)Nc2nnc(-c3ccsc3)s2)cc1. The lowest BCUT2D eigenvalue weighted by atomic mass is 10.1. The molecule has 0 saturated heterocycles.